The third kappa shape index (κ3) is 6.96. The van der Waals surface area contributed by atoms with Crippen LogP contribution in [0.1, 0.15) is 20.3 Å². The lowest BCUT2D eigenvalue weighted by Gasteiger charge is -2.28. The number of benzene rings is 3. The highest BCUT2D eigenvalue weighted by molar-refractivity contribution is 7.95. The Labute approximate surface area is 176 Å². The van der Waals surface area contributed by atoms with Gasteiger partial charge in [0.05, 0.1) is 6.10 Å². The molecule has 0 spiro atoms. The van der Waals surface area contributed by atoms with Crippen molar-refractivity contribution in [3.05, 3.63) is 91.0 Å². The molecule has 3 aromatic rings. The van der Waals surface area contributed by atoms with E-state index >= 15 is 0 Å². The molecule has 0 aliphatic heterocycles. The minimum Gasteiger partial charge on any atom is -0.418 e. The van der Waals surface area contributed by atoms with Crippen LogP contribution in [0.2, 0.25) is 0 Å². The molecule has 0 aromatic heterocycles. The fourth-order valence-electron chi connectivity index (χ4n) is 3.08. The van der Waals surface area contributed by atoms with Crippen molar-refractivity contribution in [1.82, 2.24) is 0 Å². The molecule has 7 heteroatoms. The first-order valence-electron chi connectivity index (χ1n) is 9.81. The molecular formula is C23H26BF4OP. The van der Waals surface area contributed by atoms with Gasteiger partial charge in [-0.25, -0.2) is 0 Å². The summed E-state index contributed by atoms with van der Waals surface area (Å²) in [5.74, 6) is 0. The van der Waals surface area contributed by atoms with Crippen LogP contribution in [0.25, 0.3) is 0 Å². The second kappa shape index (κ2) is 11.3. The highest BCUT2D eigenvalue weighted by atomic mass is 31.2. The van der Waals surface area contributed by atoms with Crippen molar-refractivity contribution >= 4 is 30.4 Å². The molecule has 0 aliphatic rings. The molecule has 0 saturated carbocycles. The first-order valence-corrected chi connectivity index (χ1v) is 11.8. The Morgan fingerprint density at radius 1 is 0.700 bits per heavy atom. The van der Waals surface area contributed by atoms with E-state index in [9.17, 15) is 17.3 Å². The monoisotopic (exact) mass is 436 g/mol. The molecule has 1 nitrogen and oxygen atoms in total. The largest absolute Gasteiger partial charge is 0.673 e. The van der Waals surface area contributed by atoms with Crippen LogP contribution < -0.4 is 15.9 Å². The van der Waals surface area contributed by atoms with Gasteiger partial charge in [-0.1, -0.05) is 61.5 Å². The van der Waals surface area contributed by atoms with Gasteiger partial charge < -0.3 is 22.0 Å². The highest BCUT2D eigenvalue weighted by Crippen LogP contribution is 2.55. The lowest BCUT2D eigenvalue weighted by molar-refractivity contribution is 0.0998. The zero-order valence-corrected chi connectivity index (χ0v) is 18.0. The van der Waals surface area contributed by atoms with Gasteiger partial charge in [-0.2, -0.15) is 0 Å². The number of hydrogen-bond acceptors (Lipinski definition) is 1. The lowest BCUT2D eigenvalue weighted by Crippen LogP contribution is -2.35. The van der Waals surface area contributed by atoms with E-state index in [1.54, 1.807) is 0 Å². The molecule has 0 unspecified atom stereocenters. The summed E-state index contributed by atoms with van der Waals surface area (Å²) in [5.41, 5.74) is 0. The van der Waals surface area contributed by atoms with Gasteiger partial charge >= 0.3 is 7.25 Å². The molecule has 0 fully saturated rings. The van der Waals surface area contributed by atoms with Crippen molar-refractivity contribution in [3.8, 4) is 0 Å². The maximum atomic E-state index is 9.75. The van der Waals surface area contributed by atoms with Crippen LogP contribution in [-0.4, -0.2) is 19.7 Å². The van der Waals surface area contributed by atoms with Crippen LogP contribution in [0.3, 0.4) is 0 Å². The normalized spacial score (nSPS) is 12.6. The molecule has 0 aliphatic carbocycles. The summed E-state index contributed by atoms with van der Waals surface area (Å²) in [6.45, 7) is 4.34. The van der Waals surface area contributed by atoms with Gasteiger partial charge in [0.25, 0.3) is 0 Å². The Morgan fingerprint density at radius 3 is 1.27 bits per heavy atom. The van der Waals surface area contributed by atoms with Gasteiger partial charge in [0.2, 0.25) is 0 Å². The zero-order valence-electron chi connectivity index (χ0n) is 17.1. The van der Waals surface area contributed by atoms with E-state index in [1.807, 2.05) is 0 Å². The molecule has 3 rings (SSSR count). The minimum absolute atomic E-state index is 0.260. The van der Waals surface area contributed by atoms with E-state index in [4.69, 9.17) is 4.74 Å². The van der Waals surface area contributed by atoms with Gasteiger partial charge in [0.1, 0.15) is 23.2 Å². The molecule has 3 aromatic carbocycles. The summed E-state index contributed by atoms with van der Waals surface area (Å²) in [4.78, 5) is 0. The van der Waals surface area contributed by atoms with Crippen LogP contribution in [0.5, 0.6) is 0 Å². The Bertz CT molecular complexity index is 758. The van der Waals surface area contributed by atoms with E-state index in [2.05, 4.69) is 105 Å². The van der Waals surface area contributed by atoms with E-state index in [1.165, 1.54) is 15.9 Å². The van der Waals surface area contributed by atoms with Crippen LogP contribution in [0, 0.1) is 0 Å². The lowest BCUT2D eigenvalue weighted by atomic mass is 10.3. The Balaban J connectivity index is 0.000000575. The van der Waals surface area contributed by atoms with Gasteiger partial charge in [0, 0.05) is 0 Å². The third-order valence-corrected chi connectivity index (χ3v) is 8.79. The first-order chi connectivity index (χ1) is 14.3. The second-order valence-corrected chi connectivity index (χ2v) is 10.3. The van der Waals surface area contributed by atoms with Gasteiger partial charge in [0.15, 0.2) is 6.35 Å². The van der Waals surface area contributed by atoms with Crippen LogP contribution in [0.4, 0.5) is 17.3 Å². The number of rotatable bonds is 7. The zero-order chi connectivity index (χ0) is 22.0. The summed E-state index contributed by atoms with van der Waals surface area (Å²) in [5, 5.41) is 4.11. The number of halogens is 4. The minimum atomic E-state index is -6.00. The van der Waals surface area contributed by atoms with Crippen molar-refractivity contribution in [1.29, 1.82) is 0 Å². The summed E-state index contributed by atoms with van der Waals surface area (Å²) in [7, 11) is -7.84. The Morgan fingerprint density at radius 2 is 1.00 bits per heavy atom. The molecule has 0 radical (unpaired) electrons. The van der Waals surface area contributed by atoms with Gasteiger partial charge in [-0.05, 0) is 49.7 Å². The predicted molar refractivity (Wildman–Crippen MR) is 121 cm³/mol. The fraction of sp³-hybridized carbons (Fsp3) is 0.217. The Kier molecular flexibility index (Phi) is 9.07. The molecule has 30 heavy (non-hydrogen) atoms. The van der Waals surface area contributed by atoms with Crippen molar-refractivity contribution in [3.63, 3.8) is 0 Å². The molecule has 0 N–H and O–H groups in total. The maximum absolute atomic E-state index is 9.75. The van der Waals surface area contributed by atoms with Crippen molar-refractivity contribution in [2.75, 3.05) is 6.35 Å². The number of ether oxygens (including phenoxy) is 1. The first kappa shape index (κ1) is 24.1. The standard InChI is InChI=1S/C23H26OP.BF4/c1-3-20(2)24-19-25(21-13-7-4-8-14-21,22-15-9-5-10-16-22)23-17-11-6-12-18-23;2-1(3,4)5/h4-18,20H,3,19H2,1-2H3;/q+1;-1/t20-;/m0./s1. The smallest absolute Gasteiger partial charge is 0.418 e. The molecule has 0 bridgehead atoms. The van der Waals surface area contributed by atoms with Crippen molar-refractivity contribution in [2.45, 2.75) is 26.4 Å². The topological polar surface area (TPSA) is 9.23 Å². The molecular weight excluding hydrogens is 410 g/mol. The van der Waals surface area contributed by atoms with E-state index < -0.39 is 14.5 Å². The molecule has 1 atom stereocenters. The average Bonchev–Trinajstić information content (AvgIpc) is 2.75. The quantitative estimate of drug-likeness (QED) is 0.249. The number of hydrogen-bond donors (Lipinski definition) is 0. The van der Waals surface area contributed by atoms with Crippen LogP contribution in [-0.2, 0) is 4.74 Å². The maximum Gasteiger partial charge on any atom is 0.673 e. The SMILES string of the molecule is CC[C@H](C)OC[P+](c1ccccc1)(c1ccccc1)c1ccccc1.F[B-](F)(F)F. The summed E-state index contributed by atoms with van der Waals surface area (Å²) >= 11 is 0. The summed E-state index contributed by atoms with van der Waals surface area (Å²) in [6.07, 6.45) is 2.02. The third-order valence-electron chi connectivity index (χ3n) is 4.72. The average molecular weight is 436 g/mol. The molecule has 0 heterocycles. The fourth-order valence-corrected chi connectivity index (χ4v) is 6.94. The van der Waals surface area contributed by atoms with Gasteiger partial charge in [-0.3, -0.25) is 0 Å². The summed E-state index contributed by atoms with van der Waals surface area (Å²) < 4.78 is 45.4. The van der Waals surface area contributed by atoms with Crippen LogP contribution >= 0.6 is 7.26 Å². The predicted octanol–water partition coefficient (Wildman–Crippen LogP) is 6.05. The molecule has 0 saturated heterocycles. The van der Waals surface area contributed by atoms with Crippen molar-refractivity contribution in [2.24, 2.45) is 0 Å². The van der Waals surface area contributed by atoms with Crippen molar-refractivity contribution < 1.29 is 22.0 Å². The van der Waals surface area contributed by atoms with Crippen LogP contribution in [0.15, 0.2) is 91.0 Å². The summed E-state index contributed by atoms with van der Waals surface area (Å²) in [6, 6.07) is 32.6. The van der Waals surface area contributed by atoms with E-state index in [-0.39, 0.29) is 6.10 Å². The highest BCUT2D eigenvalue weighted by Gasteiger charge is 2.46. The Hall–Kier alpha value is -2.17. The van der Waals surface area contributed by atoms with Gasteiger partial charge in [-0.15, -0.1) is 0 Å². The molecule has 160 valence electrons. The van der Waals surface area contributed by atoms with E-state index in [0.717, 1.165) is 12.8 Å². The second-order valence-electron chi connectivity index (χ2n) is 6.83. The van der Waals surface area contributed by atoms with E-state index in [0.29, 0.717) is 0 Å². The molecule has 0 amide bonds.